The van der Waals surface area contributed by atoms with E-state index in [0.29, 0.717) is 11.8 Å². The Kier molecular flexibility index (Phi) is 7.19. The third-order valence-corrected chi connectivity index (χ3v) is 9.50. The van der Waals surface area contributed by atoms with Crippen LogP contribution in [-0.2, 0) is 0 Å². The molecule has 1 aromatic heterocycles. The summed E-state index contributed by atoms with van der Waals surface area (Å²) in [6, 6.07) is 31.4. The molecular formula is C43H36N2. The summed E-state index contributed by atoms with van der Waals surface area (Å²) in [5.74, 6) is 0.796. The quantitative estimate of drug-likeness (QED) is 0.203. The van der Waals surface area contributed by atoms with E-state index >= 15 is 0 Å². The number of hydrogen-bond acceptors (Lipinski definition) is 2. The number of aliphatic imine (C=N–C) groups is 1. The highest BCUT2D eigenvalue weighted by atomic mass is 14.7. The van der Waals surface area contributed by atoms with Crippen molar-refractivity contribution in [2.75, 3.05) is 0 Å². The van der Waals surface area contributed by atoms with Gasteiger partial charge in [-0.25, -0.2) is 0 Å². The standard InChI is InChI=1S/C43H36N2/c1-29-24-36(32-18-22-45-23-19-32)27-37(25-29)43-39-13-6-5-12-38(39)42(35-11-7-10-33(26-35)31-16-20-44-21-17-31)41-28-34(14-15-40(41)43)30-8-3-2-4-9-30/h2-4,7-16,18-24,26-29,31H,5-6,17,25H2,1H3. The zero-order valence-electron chi connectivity index (χ0n) is 25.7. The number of pyridine rings is 1. The molecule has 5 aromatic rings. The van der Waals surface area contributed by atoms with Crippen LogP contribution in [0.25, 0.3) is 56.3 Å². The van der Waals surface area contributed by atoms with Gasteiger partial charge in [0.05, 0.1) is 0 Å². The first-order valence-corrected chi connectivity index (χ1v) is 16.2. The molecule has 0 radical (unpaired) electrons. The molecule has 0 spiro atoms. The molecule has 3 aliphatic rings. The summed E-state index contributed by atoms with van der Waals surface area (Å²) in [4.78, 5) is 8.60. The summed E-state index contributed by atoms with van der Waals surface area (Å²) >= 11 is 0. The fourth-order valence-electron chi connectivity index (χ4n) is 7.42. The van der Waals surface area contributed by atoms with Crippen molar-refractivity contribution in [2.45, 2.75) is 38.5 Å². The van der Waals surface area contributed by atoms with Crippen LogP contribution in [0.5, 0.6) is 0 Å². The Labute approximate surface area is 265 Å². The van der Waals surface area contributed by atoms with Gasteiger partial charge in [-0.3, -0.25) is 9.98 Å². The van der Waals surface area contributed by atoms with Crippen LogP contribution in [0, 0.1) is 5.92 Å². The lowest BCUT2D eigenvalue weighted by Gasteiger charge is -2.24. The van der Waals surface area contributed by atoms with Gasteiger partial charge in [-0.05, 0) is 121 Å². The molecule has 2 heteroatoms. The maximum absolute atomic E-state index is 4.33. The minimum atomic E-state index is 0.353. The van der Waals surface area contributed by atoms with Gasteiger partial charge in [0, 0.05) is 30.7 Å². The maximum Gasteiger partial charge on any atom is 0.0273 e. The predicted molar refractivity (Wildman–Crippen MR) is 191 cm³/mol. The van der Waals surface area contributed by atoms with Crippen LogP contribution in [0.3, 0.4) is 0 Å². The molecule has 218 valence electrons. The summed E-state index contributed by atoms with van der Waals surface area (Å²) in [6.07, 6.45) is 23.9. The maximum atomic E-state index is 4.33. The minimum Gasteiger partial charge on any atom is -0.269 e. The van der Waals surface area contributed by atoms with Crippen molar-refractivity contribution in [2.24, 2.45) is 10.9 Å². The van der Waals surface area contributed by atoms with Crippen LogP contribution in [-0.4, -0.2) is 11.2 Å². The Morgan fingerprint density at radius 3 is 2.29 bits per heavy atom. The fraction of sp³-hybridized carbons (Fsp3) is 0.163. The Bertz CT molecular complexity index is 2160. The molecule has 0 amide bonds. The van der Waals surface area contributed by atoms with Crippen molar-refractivity contribution < 1.29 is 0 Å². The Hall–Kier alpha value is -5.08. The van der Waals surface area contributed by atoms with Crippen LogP contribution in [0.2, 0.25) is 0 Å². The SMILES string of the molecule is CC1C=C(c2ccncc2)C=C(c2c3c(c(-c4cccc(C5C=CN=CC5)c4)c4cc(-c5ccccc5)ccc24)=CCCC=3)C1. The molecular weight excluding hydrogens is 544 g/mol. The molecule has 2 heterocycles. The molecule has 45 heavy (non-hydrogen) atoms. The Balaban J connectivity index is 1.42. The largest absolute Gasteiger partial charge is 0.269 e. The van der Waals surface area contributed by atoms with E-state index in [0.717, 1.165) is 25.7 Å². The van der Waals surface area contributed by atoms with E-state index in [-0.39, 0.29) is 0 Å². The Morgan fingerprint density at radius 2 is 1.49 bits per heavy atom. The zero-order valence-corrected chi connectivity index (χ0v) is 25.7. The summed E-state index contributed by atoms with van der Waals surface area (Å²) in [5, 5.41) is 5.42. The number of aromatic nitrogens is 1. The lowest BCUT2D eigenvalue weighted by molar-refractivity contribution is 0.752. The van der Waals surface area contributed by atoms with Gasteiger partial charge in [-0.15, -0.1) is 0 Å². The summed E-state index contributed by atoms with van der Waals surface area (Å²) in [6.45, 7) is 2.34. The van der Waals surface area contributed by atoms with Gasteiger partial charge < -0.3 is 0 Å². The highest BCUT2D eigenvalue weighted by Crippen LogP contribution is 2.39. The average Bonchev–Trinajstić information content (AvgIpc) is 3.11. The number of fused-ring (bicyclic) bond motifs is 2. The third-order valence-electron chi connectivity index (χ3n) is 9.50. The molecule has 0 fully saturated rings. The molecule has 0 saturated heterocycles. The second-order valence-electron chi connectivity index (χ2n) is 12.5. The summed E-state index contributed by atoms with van der Waals surface area (Å²) < 4.78 is 0. The molecule has 8 rings (SSSR count). The molecule has 4 aromatic carbocycles. The van der Waals surface area contributed by atoms with Crippen LogP contribution in [0.1, 0.15) is 55.2 Å². The predicted octanol–water partition coefficient (Wildman–Crippen LogP) is 9.50. The van der Waals surface area contributed by atoms with Crippen LogP contribution < -0.4 is 10.4 Å². The van der Waals surface area contributed by atoms with E-state index in [9.17, 15) is 0 Å². The number of hydrogen-bond donors (Lipinski definition) is 0. The van der Waals surface area contributed by atoms with E-state index in [4.69, 9.17) is 0 Å². The first-order chi connectivity index (χ1) is 22.2. The molecule has 2 atom stereocenters. The number of rotatable bonds is 5. The highest BCUT2D eigenvalue weighted by molar-refractivity contribution is 6.06. The second-order valence-corrected chi connectivity index (χ2v) is 12.5. The molecule has 2 unspecified atom stereocenters. The van der Waals surface area contributed by atoms with E-state index in [1.165, 1.54) is 71.3 Å². The van der Waals surface area contributed by atoms with Gasteiger partial charge in [0.1, 0.15) is 0 Å². The smallest absolute Gasteiger partial charge is 0.0273 e. The topological polar surface area (TPSA) is 25.2 Å². The van der Waals surface area contributed by atoms with E-state index in [2.05, 4.69) is 132 Å². The van der Waals surface area contributed by atoms with E-state index < -0.39 is 0 Å². The number of nitrogens with zero attached hydrogens (tertiary/aromatic N) is 2. The van der Waals surface area contributed by atoms with Gasteiger partial charge in [0.15, 0.2) is 0 Å². The van der Waals surface area contributed by atoms with Crippen molar-refractivity contribution in [1.29, 1.82) is 0 Å². The first-order valence-electron chi connectivity index (χ1n) is 16.2. The Morgan fingerprint density at radius 1 is 0.689 bits per heavy atom. The van der Waals surface area contributed by atoms with Gasteiger partial charge in [0.25, 0.3) is 0 Å². The first kappa shape index (κ1) is 27.5. The van der Waals surface area contributed by atoms with E-state index in [1.54, 1.807) is 0 Å². The average molecular weight is 581 g/mol. The summed E-state index contributed by atoms with van der Waals surface area (Å²) in [7, 11) is 0. The van der Waals surface area contributed by atoms with E-state index in [1.807, 2.05) is 24.8 Å². The lowest BCUT2D eigenvalue weighted by atomic mass is 9.80. The number of benzene rings is 4. The van der Waals surface area contributed by atoms with Gasteiger partial charge in [0.2, 0.25) is 0 Å². The molecule has 2 aliphatic carbocycles. The van der Waals surface area contributed by atoms with Gasteiger partial charge in [-0.1, -0.05) is 104 Å². The normalized spacial score (nSPS) is 18.9. The highest BCUT2D eigenvalue weighted by Gasteiger charge is 2.22. The van der Waals surface area contributed by atoms with Crippen molar-refractivity contribution in [3.63, 3.8) is 0 Å². The lowest BCUT2D eigenvalue weighted by Crippen LogP contribution is -2.33. The van der Waals surface area contributed by atoms with Crippen molar-refractivity contribution in [3.8, 4) is 22.3 Å². The van der Waals surface area contributed by atoms with Crippen molar-refractivity contribution in [1.82, 2.24) is 4.98 Å². The molecule has 1 aliphatic heterocycles. The summed E-state index contributed by atoms with van der Waals surface area (Å²) in [5.41, 5.74) is 11.8. The minimum absolute atomic E-state index is 0.353. The van der Waals surface area contributed by atoms with Gasteiger partial charge in [-0.2, -0.15) is 0 Å². The molecule has 0 bridgehead atoms. The van der Waals surface area contributed by atoms with Crippen LogP contribution >= 0.6 is 0 Å². The van der Waals surface area contributed by atoms with Crippen molar-refractivity contribution in [3.05, 3.63) is 149 Å². The van der Waals surface area contributed by atoms with Gasteiger partial charge >= 0.3 is 0 Å². The van der Waals surface area contributed by atoms with Crippen LogP contribution in [0.15, 0.2) is 127 Å². The molecule has 2 nitrogen and oxygen atoms in total. The third kappa shape index (κ3) is 5.21. The van der Waals surface area contributed by atoms with Crippen molar-refractivity contribution >= 4 is 40.3 Å². The monoisotopic (exact) mass is 580 g/mol. The molecule has 0 N–H and O–H groups in total. The molecule has 0 saturated carbocycles. The number of allylic oxidation sites excluding steroid dienone is 5. The van der Waals surface area contributed by atoms with Crippen LogP contribution in [0.4, 0.5) is 0 Å². The zero-order chi connectivity index (χ0) is 30.2. The fourth-order valence-corrected chi connectivity index (χ4v) is 7.42. The second kappa shape index (κ2) is 11.8.